The summed E-state index contributed by atoms with van der Waals surface area (Å²) in [5.41, 5.74) is 1.29. The topological polar surface area (TPSA) is 29.1 Å². The van der Waals surface area contributed by atoms with Crippen molar-refractivity contribution < 1.29 is 13.6 Å². The molecule has 0 aliphatic rings. The van der Waals surface area contributed by atoms with Crippen molar-refractivity contribution in [1.82, 2.24) is 5.32 Å². The summed E-state index contributed by atoms with van der Waals surface area (Å²) >= 11 is 1.67. The monoisotopic (exact) mass is 317 g/mol. The lowest BCUT2D eigenvalue weighted by Crippen LogP contribution is -2.25. The Kier molecular flexibility index (Phi) is 4.15. The summed E-state index contributed by atoms with van der Waals surface area (Å²) in [6, 6.07) is 11.2. The van der Waals surface area contributed by atoms with E-state index >= 15 is 0 Å². The van der Waals surface area contributed by atoms with E-state index in [1.165, 1.54) is 21.7 Å². The minimum atomic E-state index is -1.02. The van der Waals surface area contributed by atoms with E-state index in [1.54, 1.807) is 11.3 Å². The van der Waals surface area contributed by atoms with Gasteiger partial charge in [-0.3, -0.25) is 4.79 Å². The van der Waals surface area contributed by atoms with Gasteiger partial charge in [0.25, 0.3) is 5.91 Å². The van der Waals surface area contributed by atoms with Crippen LogP contribution in [0.25, 0.3) is 10.1 Å². The van der Waals surface area contributed by atoms with Gasteiger partial charge in [-0.1, -0.05) is 18.2 Å². The number of hydrogen-bond acceptors (Lipinski definition) is 2. The van der Waals surface area contributed by atoms with E-state index in [0.717, 1.165) is 12.1 Å². The highest BCUT2D eigenvalue weighted by Crippen LogP contribution is 2.25. The Morgan fingerprint density at radius 3 is 2.73 bits per heavy atom. The molecule has 0 unspecified atom stereocenters. The number of carbonyl (C=O) groups excluding carboxylic acids is 1. The Balaban J connectivity index is 1.63. The molecule has 1 aromatic heterocycles. The van der Waals surface area contributed by atoms with Crippen molar-refractivity contribution in [3.8, 4) is 0 Å². The van der Waals surface area contributed by atoms with Crippen LogP contribution in [-0.4, -0.2) is 12.5 Å². The minimum Gasteiger partial charge on any atom is -0.352 e. The number of rotatable bonds is 4. The molecule has 2 nitrogen and oxygen atoms in total. The van der Waals surface area contributed by atoms with Gasteiger partial charge in [0.05, 0.1) is 0 Å². The standard InChI is InChI=1S/C17H13F2NOS/c18-14-6-5-11(9-15(14)19)17(21)20-8-7-12-10-22-16-4-2-1-3-13(12)16/h1-6,9-10H,7-8H2,(H,20,21). The molecule has 0 fully saturated rings. The Hall–Kier alpha value is -2.27. The lowest BCUT2D eigenvalue weighted by Gasteiger charge is -2.05. The average molecular weight is 317 g/mol. The van der Waals surface area contributed by atoms with Gasteiger partial charge in [0.2, 0.25) is 0 Å². The Morgan fingerprint density at radius 2 is 1.91 bits per heavy atom. The van der Waals surface area contributed by atoms with Crippen molar-refractivity contribution in [2.75, 3.05) is 6.54 Å². The molecule has 0 spiro atoms. The zero-order valence-electron chi connectivity index (χ0n) is 11.6. The first kappa shape index (κ1) is 14.7. The summed E-state index contributed by atoms with van der Waals surface area (Å²) in [5.74, 6) is -2.38. The van der Waals surface area contributed by atoms with Crippen molar-refractivity contribution in [2.45, 2.75) is 6.42 Å². The summed E-state index contributed by atoms with van der Waals surface area (Å²) in [4.78, 5) is 11.9. The predicted molar refractivity (Wildman–Crippen MR) is 84.2 cm³/mol. The minimum absolute atomic E-state index is 0.120. The third-order valence-electron chi connectivity index (χ3n) is 3.42. The van der Waals surface area contributed by atoms with Gasteiger partial charge in [0, 0.05) is 16.8 Å². The highest BCUT2D eigenvalue weighted by molar-refractivity contribution is 7.17. The molecule has 0 atom stereocenters. The van der Waals surface area contributed by atoms with E-state index < -0.39 is 17.5 Å². The molecule has 22 heavy (non-hydrogen) atoms. The van der Waals surface area contributed by atoms with Crippen LogP contribution in [0, 0.1) is 11.6 Å². The van der Waals surface area contributed by atoms with Gasteiger partial charge >= 0.3 is 0 Å². The van der Waals surface area contributed by atoms with Crippen molar-refractivity contribution in [3.63, 3.8) is 0 Å². The van der Waals surface area contributed by atoms with Crippen LogP contribution in [0.5, 0.6) is 0 Å². The van der Waals surface area contributed by atoms with Gasteiger partial charge in [0.15, 0.2) is 11.6 Å². The fraction of sp³-hybridized carbons (Fsp3) is 0.118. The molecular formula is C17H13F2NOS. The van der Waals surface area contributed by atoms with Crippen molar-refractivity contribution in [3.05, 3.63) is 70.6 Å². The number of halogens is 2. The Labute approximate surface area is 130 Å². The maximum absolute atomic E-state index is 13.1. The summed E-state index contributed by atoms with van der Waals surface area (Å²) in [7, 11) is 0. The molecule has 3 rings (SSSR count). The first-order valence-corrected chi connectivity index (χ1v) is 7.71. The summed E-state index contributed by atoms with van der Waals surface area (Å²) in [6.07, 6.45) is 0.694. The van der Waals surface area contributed by atoms with Crippen molar-refractivity contribution >= 4 is 27.3 Å². The van der Waals surface area contributed by atoms with E-state index in [2.05, 4.69) is 22.8 Å². The molecule has 1 amide bonds. The fourth-order valence-corrected chi connectivity index (χ4v) is 3.27. The predicted octanol–water partition coefficient (Wildman–Crippen LogP) is 4.15. The number of thiophene rings is 1. The molecule has 0 bridgehead atoms. The third kappa shape index (κ3) is 2.99. The maximum Gasteiger partial charge on any atom is 0.251 e. The fourth-order valence-electron chi connectivity index (χ4n) is 2.28. The Morgan fingerprint density at radius 1 is 1.09 bits per heavy atom. The molecule has 0 radical (unpaired) electrons. The largest absolute Gasteiger partial charge is 0.352 e. The molecule has 0 saturated heterocycles. The smallest absolute Gasteiger partial charge is 0.251 e. The zero-order chi connectivity index (χ0) is 15.5. The molecule has 5 heteroatoms. The highest BCUT2D eigenvalue weighted by atomic mass is 32.1. The average Bonchev–Trinajstić information content (AvgIpc) is 2.93. The number of hydrogen-bond donors (Lipinski definition) is 1. The number of carbonyl (C=O) groups is 1. The molecule has 0 aliphatic carbocycles. The molecule has 2 aromatic carbocycles. The molecular weight excluding hydrogens is 304 g/mol. The van der Waals surface area contributed by atoms with Crippen LogP contribution in [0.3, 0.4) is 0 Å². The quantitative estimate of drug-likeness (QED) is 0.769. The number of nitrogens with one attached hydrogen (secondary N) is 1. The second-order valence-electron chi connectivity index (χ2n) is 4.89. The van der Waals surface area contributed by atoms with Crippen LogP contribution in [0.2, 0.25) is 0 Å². The van der Waals surface area contributed by atoms with E-state index in [9.17, 15) is 13.6 Å². The van der Waals surface area contributed by atoms with Crippen LogP contribution in [0.1, 0.15) is 15.9 Å². The molecule has 112 valence electrons. The molecule has 1 N–H and O–H groups in total. The van der Waals surface area contributed by atoms with Crippen LogP contribution in [0.4, 0.5) is 8.78 Å². The van der Waals surface area contributed by atoms with Gasteiger partial charge < -0.3 is 5.32 Å². The number of fused-ring (bicyclic) bond motifs is 1. The highest BCUT2D eigenvalue weighted by Gasteiger charge is 2.10. The van der Waals surface area contributed by atoms with Crippen molar-refractivity contribution in [1.29, 1.82) is 0 Å². The van der Waals surface area contributed by atoms with Gasteiger partial charge in [-0.15, -0.1) is 11.3 Å². The van der Waals surface area contributed by atoms with Gasteiger partial charge in [-0.2, -0.15) is 0 Å². The Bertz CT molecular complexity index is 828. The van der Waals surface area contributed by atoms with Gasteiger partial charge in [0.1, 0.15) is 0 Å². The summed E-state index contributed by atoms with van der Waals surface area (Å²) in [5, 5.41) is 5.99. The van der Waals surface area contributed by atoms with Crippen LogP contribution in [-0.2, 0) is 6.42 Å². The van der Waals surface area contributed by atoms with E-state index in [4.69, 9.17) is 0 Å². The first-order chi connectivity index (χ1) is 10.6. The van der Waals surface area contributed by atoms with Crippen LogP contribution in [0.15, 0.2) is 47.8 Å². The summed E-state index contributed by atoms with van der Waals surface area (Å²) < 4.78 is 27.2. The number of benzene rings is 2. The van der Waals surface area contributed by atoms with Crippen molar-refractivity contribution in [2.24, 2.45) is 0 Å². The molecule has 0 saturated carbocycles. The van der Waals surface area contributed by atoms with Crippen LogP contribution < -0.4 is 5.32 Å². The van der Waals surface area contributed by atoms with E-state index in [1.807, 2.05) is 12.1 Å². The maximum atomic E-state index is 13.1. The lowest BCUT2D eigenvalue weighted by atomic mass is 10.1. The third-order valence-corrected chi connectivity index (χ3v) is 4.44. The second kappa shape index (κ2) is 6.23. The molecule has 3 aromatic rings. The second-order valence-corrected chi connectivity index (χ2v) is 5.80. The molecule has 1 heterocycles. The van der Waals surface area contributed by atoms with Gasteiger partial charge in [-0.05, 0) is 47.0 Å². The SMILES string of the molecule is O=C(NCCc1csc2ccccc12)c1ccc(F)c(F)c1. The lowest BCUT2D eigenvalue weighted by molar-refractivity contribution is 0.0953. The van der Waals surface area contributed by atoms with E-state index in [-0.39, 0.29) is 5.56 Å². The zero-order valence-corrected chi connectivity index (χ0v) is 12.4. The normalized spacial score (nSPS) is 10.8. The molecule has 0 aliphatic heterocycles. The van der Waals surface area contributed by atoms with Crippen LogP contribution >= 0.6 is 11.3 Å². The summed E-state index contributed by atoms with van der Waals surface area (Å²) in [6.45, 7) is 0.443. The number of amides is 1. The van der Waals surface area contributed by atoms with Gasteiger partial charge in [-0.25, -0.2) is 8.78 Å². The van der Waals surface area contributed by atoms with E-state index in [0.29, 0.717) is 13.0 Å². The first-order valence-electron chi connectivity index (χ1n) is 6.83.